The molecule has 78 valence electrons. The van der Waals surface area contributed by atoms with Crippen LogP contribution in [0.1, 0.15) is 10.4 Å². The Bertz CT molecular complexity index is 489. The van der Waals surface area contributed by atoms with E-state index in [1.165, 1.54) is 6.26 Å². The number of nitrogens with one attached hydrogen (secondary N) is 1. The molecule has 0 saturated carbocycles. The molecule has 0 aliphatic carbocycles. The van der Waals surface area contributed by atoms with Crippen LogP contribution in [0.4, 0.5) is 5.82 Å². The number of nitrogens with zero attached hydrogens (tertiary/aromatic N) is 2. The first-order valence-corrected chi connectivity index (χ1v) is 5.00. The van der Waals surface area contributed by atoms with Crippen LogP contribution in [0, 0.1) is 0 Å². The van der Waals surface area contributed by atoms with Crippen molar-refractivity contribution in [1.29, 1.82) is 0 Å². The lowest BCUT2D eigenvalue weighted by atomic mass is 10.3. The zero-order valence-corrected chi connectivity index (χ0v) is 9.48. The van der Waals surface area contributed by atoms with Crippen molar-refractivity contribution < 1.29 is 9.21 Å². The highest BCUT2D eigenvalue weighted by Gasteiger charge is 2.13. The van der Waals surface area contributed by atoms with Gasteiger partial charge in [-0.2, -0.15) is 5.10 Å². The van der Waals surface area contributed by atoms with Gasteiger partial charge >= 0.3 is 0 Å². The maximum atomic E-state index is 11.7. The van der Waals surface area contributed by atoms with E-state index in [4.69, 9.17) is 4.42 Å². The molecule has 2 aromatic heterocycles. The topological polar surface area (TPSA) is 60.1 Å². The quantitative estimate of drug-likeness (QED) is 0.908. The van der Waals surface area contributed by atoms with Gasteiger partial charge in [-0.3, -0.25) is 9.48 Å². The van der Waals surface area contributed by atoms with Gasteiger partial charge in [-0.1, -0.05) is 0 Å². The van der Waals surface area contributed by atoms with Crippen LogP contribution in [-0.2, 0) is 7.05 Å². The van der Waals surface area contributed by atoms with E-state index in [2.05, 4.69) is 26.3 Å². The smallest absolute Gasteiger partial charge is 0.261 e. The van der Waals surface area contributed by atoms with Crippen LogP contribution < -0.4 is 5.32 Å². The normalized spacial score (nSPS) is 10.3. The van der Waals surface area contributed by atoms with E-state index in [0.29, 0.717) is 16.1 Å². The molecule has 0 spiro atoms. The lowest BCUT2D eigenvalue weighted by Crippen LogP contribution is -2.14. The fourth-order valence-corrected chi connectivity index (χ4v) is 1.56. The van der Waals surface area contributed by atoms with E-state index in [1.807, 2.05) is 0 Å². The predicted molar refractivity (Wildman–Crippen MR) is 57.6 cm³/mol. The van der Waals surface area contributed by atoms with Gasteiger partial charge in [0.1, 0.15) is 5.82 Å². The van der Waals surface area contributed by atoms with Crippen LogP contribution in [0.5, 0.6) is 0 Å². The predicted octanol–water partition coefficient (Wildman–Crippen LogP) is 2.03. The summed E-state index contributed by atoms with van der Waals surface area (Å²) in [6.45, 7) is 0. The molecular formula is C9H8BrN3O2. The van der Waals surface area contributed by atoms with Gasteiger partial charge in [0.25, 0.3) is 5.91 Å². The van der Waals surface area contributed by atoms with Crippen LogP contribution in [0.25, 0.3) is 0 Å². The minimum Gasteiger partial charge on any atom is -0.457 e. The number of hydrogen-bond donors (Lipinski definition) is 1. The van der Waals surface area contributed by atoms with Gasteiger partial charge in [-0.15, -0.1) is 0 Å². The number of carbonyl (C=O) groups excluding carboxylic acids is 1. The van der Waals surface area contributed by atoms with Gasteiger partial charge in [0.15, 0.2) is 4.67 Å². The summed E-state index contributed by atoms with van der Waals surface area (Å²) in [6, 6.07) is 3.31. The second-order valence-electron chi connectivity index (χ2n) is 2.90. The Kier molecular flexibility index (Phi) is 2.59. The lowest BCUT2D eigenvalue weighted by molar-refractivity contribution is 0.102. The largest absolute Gasteiger partial charge is 0.457 e. The fourth-order valence-electron chi connectivity index (χ4n) is 1.14. The number of carbonyl (C=O) groups is 1. The molecule has 0 unspecified atom stereocenters. The fraction of sp³-hybridized carbons (Fsp3) is 0.111. The van der Waals surface area contributed by atoms with Gasteiger partial charge in [-0.05, 0) is 22.0 Å². The van der Waals surface area contributed by atoms with Gasteiger partial charge in [-0.25, -0.2) is 0 Å². The molecule has 5 nitrogen and oxygen atoms in total. The van der Waals surface area contributed by atoms with Crippen LogP contribution >= 0.6 is 15.9 Å². The number of furan rings is 1. The van der Waals surface area contributed by atoms with E-state index in [-0.39, 0.29) is 5.91 Å². The second-order valence-corrected chi connectivity index (χ2v) is 3.62. The highest BCUT2D eigenvalue weighted by molar-refractivity contribution is 9.10. The van der Waals surface area contributed by atoms with Crippen LogP contribution in [-0.4, -0.2) is 15.7 Å². The van der Waals surface area contributed by atoms with Gasteiger partial charge < -0.3 is 9.73 Å². The molecule has 0 fully saturated rings. The maximum absolute atomic E-state index is 11.7. The summed E-state index contributed by atoms with van der Waals surface area (Å²) in [7, 11) is 1.75. The third kappa shape index (κ3) is 1.94. The summed E-state index contributed by atoms with van der Waals surface area (Å²) in [5, 5.41) is 6.65. The molecule has 0 atom stereocenters. The van der Waals surface area contributed by atoms with Crippen LogP contribution in [0.15, 0.2) is 33.7 Å². The number of aryl methyl sites for hydroxylation is 1. The van der Waals surface area contributed by atoms with Gasteiger partial charge in [0.2, 0.25) is 0 Å². The van der Waals surface area contributed by atoms with Gasteiger partial charge in [0.05, 0.1) is 18.0 Å². The summed E-state index contributed by atoms with van der Waals surface area (Å²) in [4.78, 5) is 11.7. The maximum Gasteiger partial charge on any atom is 0.261 e. The molecule has 0 radical (unpaired) electrons. The van der Waals surface area contributed by atoms with E-state index in [0.717, 1.165) is 0 Å². The summed E-state index contributed by atoms with van der Waals surface area (Å²) in [5.74, 6) is 0.396. The Morgan fingerprint density at radius 2 is 2.40 bits per heavy atom. The van der Waals surface area contributed by atoms with E-state index in [1.54, 1.807) is 30.1 Å². The van der Waals surface area contributed by atoms with Crippen molar-refractivity contribution in [2.24, 2.45) is 7.05 Å². The Morgan fingerprint density at radius 1 is 1.60 bits per heavy atom. The van der Waals surface area contributed by atoms with Crippen molar-refractivity contribution in [2.75, 3.05) is 5.32 Å². The van der Waals surface area contributed by atoms with Crippen molar-refractivity contribution in [3.8, 4) is 0 Å². The van der Waals surface area contributed by atoms with Gasteiger partial charge in [0, 0.05) is 13.1 Å². The minimum atomic E-state index is -0.237. The van der Waals surface area contributed by atoms with Crippen LogP contribution in [0.2, 0.25) is 0 Å². The van der Waals surface area contributed by atoms with Crippen molar-refractivity contribution in [2.45, 2.75) is 0 Å². The Balaban J connectivity index is 2.18. The summed E-state index contributed by atoms with van der Waals surface area (Å²) < 4.78 is 6.96. The van der Waals surface area contributed by atoms with Crippen molar-refractivity contribution in [3.05, 3.63) is 34.8 Å². The monoisotopic (exact) mass is 269 g/mol. The molecule has 0 aliphatic heterocycles. The highest BCUT2D eigenvalue weighted by Crippen LogP contribution is 2.18. The van der Waals surface area contributed by atoms with E-state index >= 15 is 0 Å². The molecule has 0 aliphatic rings. The number of aromatic nitrogens is 2. The molecule has 0 bridgehead atoms. The molecule has 2 heterocycles. The number of amides is 1. The third-order valence-electron chi connectivity index (χ3n) is 1.93. The van der Waals surface area contributed by atoms with Crippen molar-refractivity contribution in [3.63, 3.8) is 0 Å². The first kappa shape index (κ1) is 9.97. The molecular weight excluding hydrogens is 262 g/mol. The van der Waals surface area contributed by atoms with Crippen LogP contribution in [0.3, 0.4) is 0 Å². The summed E-state index contributed by atoms with van der Waals surface area (Å²) >= 11 is 3.14. The molecule has 1 N–H and O–H groups in total. The number of anilines is 1. The Hall–Kier alpha value is -1.56. The minimum absolute atomic E-state index is 0.237. The SMILES string of the molecule is Cn1nccc1NC(=O)c1ccoc1Br. The molecule has 2 rings (SSSR count). The Labute approximate surface area is 94.2 Å². The van der Waals surface area contributed by atoms with Crippen molar-refractivity contribution in [1.82, 2.24) is 9.78 Å². The summed E-state index contributed by atoms with van der Waals surface area (Å²) in [5.41, 5.74) is 0.455. The lowest BCUT2D eigenvalue weighted by Gasteiger charge is -2.03. The molecule has 0 saturated heterocycles. The van der Waals surface area contributed by atoms with E-state index < -0.39 is 0 Å². The molecule has 1 amide bonds. The average molecular weight is 270 g/mol. The third-order valence-corrected chi connectivity index (χ3v) is 2.54. The first-order chi connectivity index (χ1) is 7.18. The molecule has 0 aromatic carbocycles. The highest BCUT2D eigenvalue weighted by atomic mass is 79.9. The summed E-state index contributed by atoms with van der Waals surface area (Å²) in [6.07, 6.45) is 3.06. The molecule has 6 heteroatoms. The van der Waals surface area contributed by atoms with Crippen molar-refractivity contribution >= 4 is 27.7 Å². The number of hydrogen-bond acceptors (Lipinski definition) is 3. The number of halogens is 1. The van der Waals surface area contributed by atoms with E-state index in [9.17, 15) is 4.79 Å². The standard InChI is InChI=1S/C9H8BrN3O2/c1-13-7(2-4-11-13)12-9(14)6-3-5-15-8(6)10/h2-5H,1H3,(H,12,14). The Morgan fingerprint density at radius 3 is 2.93 bits per heavy atom. The molecule has 15 heavy (non-hydrogen) atoms. The molecule has 2 aromatic rings. The zero-order valence-electron chi connectivity index (χ0n) is 7.90. The number of rotatable bonds is 2. The zero-order chi connectivity index (χ0) is 10.8. The second kappa shape index (κ2) is 3.90. The first-order valence-electron chi connectivity index (χ1n) is 4.21. The average Bonchev–Trinajstić information content (AvgIpc) is 2.76.